The van der Waals surface area contributed by atoms with E-state index in [4.69, 9.17) is 0 Å². The summed E-state index contributed by atoms with van der Waals surface area (Å²) in [6.07, 6.45) is 2.05. The second-order valence-electron chi connectivity index (χ2n) is 6.60. The zero-order valence-corrected chi connectivity index (χ0v) is 15.3. The molecule has 0 fully saturated rings. The summed E-state index contributed by atoms with van der Waals surface area (Å²) >= 11 is 0. The third-order valence-electron chi connectivity index (χ3n) is 4.26. The number of nitrogens with zero attached hydrogens (tertiary/aromatic N) is 3. The van der Waals surface area contributed by atoms with Crippen molar-refractivity contribution in [1.82, 2.24) is 19.4 Å². The lowest BCUT2D eigenvalue weighted by molar-refractivity contribution is 0.257. The van der Waals surface area contributed by atoms with Gasteiger partial charge in [-0.15, -0.1) is 0 Å². The molecule has 25 heavy (non-hydrogen) atoms. The van der Waals surface area contributed by atoms with E-state index in [-0.39, 0.29) is 12.4 Å². The highest BCUT2D eigenvalue weighted by molar-refractivity contribution is 7.88. The molecule has 6 nitrogen and oxygen atoms in total. The molecule has 3 rings (SSSR count). The van der Waals surface area contributed by atoms with E-state index < -0.39 is 10.0 Å². The van der Waals surface area contributed by atoms with E-state index in [0.717, 1.165) is 37.0 Å². The molecule has 0 unspecified atom stereocenters. The Hall–Kier alpha value is -1.77. The van der Waals surface area contributed by atoms with Crippen LogP contribution in [0.4, 0.5) is 4.39 Å². The van der Waals surface area contributed by atoms with Crippen LogP contribution in [-0.2, 0) is 36.2 Å². The van der Waals surface area contributed by atoms with E-state index >= 15 is 0 Å². The van der Waals surface area contributed by atoms with Crippen LogP contribution in [0, 0.1) is 12.7 Å². The molecule has 0 spiro atoms. The van der Waals surface area contributed by atoms with E-state index in [1.807, 2.05) is 29.8 Å². The minimum atomic E-state index is -3.24. The van der Waals surface area contributed by atoms with Crippen LogP contribution in [-0.4, -0.2) is 35.9 Å². The molecule has 0 bridgehead atoms. The number of hydrogen-bond acceptors (Lipinski definition) is 4. The van der Waals surface area contributed by atoms with Crippen LogP contribution < -0.4 is 4.72 Å². The highest BCUT2D eigenvalue weighted by Crippen LogP contribution is 2.18. The van der Waals surface area contributed by atoms with Gasteiger partial charge in [0, 0.05) is 31.7 Å². The molecule has 1 aliphatic rings. The monoisotopic (exact) mass is 366 g/mol. The summed E-state index contributed by atoms with van der Waals surface area (Å²) in [5.41, 5.74) is 3.33. The van der Waals surface area contributed by atoms with Crippen molar-refractivity contribution in [2.75, 3.05) is 12.8 Å². The fourth-order valence-electron chi connectivity index (χ4n) is 3.04. The molecule has 0 radical (unpaired) electrons. The van der Waals surface area contributed by atoms with Gasteiger partial charge in [-0.3, -0.25) is 9.58 Å². The molecular weight excluding hydrogens is 343 g/mol. The average Bonchev–Trinajstić information content (AvgIpc) is 2.80. The van der Waals surface area contributed by atoms with Gasteiger partial charge in [0.1, 0.15) is 5.82 Å². The zero-order valence-electron chi connectivity index (χ0n) is 14.5. The molecule has 1 aromatic heterocycles. The number of aryl methyl sites for hydroxylation is 2. The summed E-state index contributed by atoms with van der Waals surface area (Å²) < 4.78 is 40.9. The van der Waals surface area contributed by atoms with Crippen LogP contribution in [0.2, 0.25) is 0 Å². The van der Waals surface area contributed by atoms with Crippen LogP contribution >= 0.6 is 0 Å². The van der Waals surface area contributed by atoms with Gasteiger partial charge < -0.3 is 0 Å². The fourth-order valence-corrected chi connectivity index (χ4v) is 3.45. The molecule has 1 aromatic carbocycles. The quantitative estimate of drug-likeness (QED) is 0.876. The van der Waals surface area contributed by atoms with E-state index in [9.17, 15) is 12.8 Å². The summed E-state index contributed by atoms with van der Waals surface area (Å²) in [5, 5.41) is 4.47. The molecule has 1 N–H and O–H groups in total. The predicted molar refractivity (Wildman–Crippen MR) is 93.8 cm³/mol. The number of fused-ring (bicyclic) bond motifs is 1. The lowest BCUT2D eigenvalue weighted by Crippen LogP contribution is -2.23. The van der Waals surface area contributed by atoms with Gasteiger partial charge in [0.25, 0.3) is 0 Å². The third-order valence-corrected chi connectivity index (χ3v) is 4.93. The Morgan fingerprint density at radius 3 is 2.80 bits per heavy atom. The Morgan fingerprint density at radius 2 is 2.08 bits per heavy atom. The van der Waals surface area contributed by atoms with Gasteiger partial charge in [-0.2, -0.15) is 5.10 Å². The zero-order chi connectivity index (χ0) is 18.0. The largest absolute Gasteiger partial charge is 0.293 e. The van der Waals surface area contributed by atoms with Crippen molar-refractivity contribution >= 4 is 10.0 Å². The van der Waals surface area contributed by atoms with Gasteiger partial charge in [-0.1, -0.05) is 12.1 Å². The normalized spacial score (nSPS) is 15.8. The second-order valence-corrected chi connectivity index (χ2v) is 8.44. The van der Waals surface area contributed by atoms with Gasteiger partial charge in [0.05, 0.1) is 24.2 Å². The number of benzene rings is 1. The van der Waals surface area contributed by atoms with Crippen LogP contribution in [0.15, 0.2) is 24.3 Å². The van der Waals surface area contributed by atoms with Crippen LogP contribution in [0.1, 0.15) is 28.9 Å². The Kier molecular flexibility index (Phi) is 5.21. The molecule has 0 saturated heterocycles. The third kappa shape index (κ3) is 4.87. The van der Waals surface area contributed by atoms with Gasteiger partial charge in [0.15, 0.2) is 0 Å². The summed E-state index contributed by atoms with van der Waals surface area (Å²) in [4.78, 5) is 2.20. The average molecular weight is 366 g/mol. The lowest BCUT2D eigenvalue weighted by Gasteiger charge is -2.20. The topological polar surface area (TPSA) is 67.2 Å². The van der Waals surface area contributed by atoms with Gasteiger partial charge in [-0.25, -0.2) is 17.5 Å². The molecule has 0 aliphatic carbocycles. The Balaban J connectivity index is 1.71. The van der Waals surface area contributed by atoms with Crippen molar-refractivity contribution < 1.29 is 12.8 Å². The molecule has 2 heterocycles. The minimum absolute atomic E-state index is 0.171. The smallest absolute Gasteiger partial charge is 0.209 e. The van der Waals surface area contributed by atoms with E-state index in [1.165, 1.54) is 0 Å². The molecular formula is C17H23FN4O2S. The second kappa shape index (κ2) is 7.23. The van der Waals surface area contributed by atoms with Crippen molar-refractivity contribution in [3.8, 4) is 0 Å². The van der Waals surface area contributed by atoms with Crippen LogP contribution in [0.5, 0.6) is 0 Å². The van der Waals surface area contributed by atoms with Gasteiger partial charge in [-0.05, 0) is 31.0 Å². The first-order valence-corrected chi connectivity index (χ1v) is 10.2. The number of sulfonamides is 1. The maximum absolute atomic E-state index is 14.1. The molecule has 0 atom stereocenters. The highest BCUT2D eigenvalue weighted by atomic mass is 32.2. The first kappa shape index (κ1) is 18.0. The van der Waals surface area contributed by atoms with Crippen LogP contribution in [0.3, 0.4) is 0 Å². The van der Waals surface area contributed by atoms with Crippen molar-refractivity contribution in [3.63, 3.8) is 0 Å². The maximum Gasteiger partial charge on any atom is 0.209 e. The fraction of sp³-hybridized carbons (Fsp3) is 0.471. The maximum atomic E-state index is 14.1. The number of nitrogens with one attached hydrogen (secondary N) is 1. The number of hydrogen-bond donors (Lipinski definition) is 1. The van der Waals surface area contributed by atoms with Crippen LogP contribution in [0.25, 0.3) is 0 Å². The van der Waals surface area contributed by atoms with Crippen molar-refractivity contribution in [3.05, 3.63) is 52.6 Å². The van der Waals surface area contributed by atoms with E-state index in [0.29, 0.717) is 24.3 Å². The highest BCUT2D eigenvalue weighted by Gasteiger charge is 2.18. The Bertz CT molecular complexity index is 864. The summed E-state index contributed by atoms with van der Waals surface area (Å²) in [5.74, 6) is -0.171. The molecule has 2 aromatic rings. The number of aromatic nitrogens is 2. The molecule has 136 valence electrons. The van der Waals surface area contributed by atoms with E-state index in [2.05, 4.69) is 14.7 Å². The lowest BCUT2D eigenvalue weighted by atomic mass is 10.1. The standard InChI is InChI=1S/C17H23FN4O2S/c1-13-4-5-14(17(18)8-13)11-21-6-3-7-22-16(12-21)9-15(20-22)10-19-25(2,23)24/h4-5,8-9,19H,3,6-7,10-12H2,1-2H3. The summed E-state index contributed by atoms with van der Waals surface area (Å²) in [7, 11) is -3.24. The minimum Gasteiger partial charge on any atom is -0.293 e. The molecule has 0 saturated carbocycles. The molecule has 8 heteroatoms. The molecule has 0 amide bonds. The molecule has 1 aliphatic heterocycles. The van der Waals surface area contributed by atoms with Crippen molar-refractivity contribution in [2.45, 2.75) is 39.5 Å². The van der Waals surface area contributed by atoms with Gasteiger partial charge >= 0.3 is 0 Å². The van der Waals surface area contributed by atoms with Crippen molar-refractivity contribution in [2.24, 2.45) is 0 Å². The number of rotatable bonds is 5. The Morgan fingerprint density at radius 1 is 1.28 bits per heavy atom. The Labute approximate surface area is 147 Å². The predicted octanol–water partition coefficient (Wildman–Crippen LogP) is 1.79. The summed E-state index contributed by atoms with van der Waals surface area (Å²) in [6, 6.07) is 7.25. The van der Waals surface area contributed by atoms with Crippen molar-refractivity contribution in [1.29, 1.82) is 0 Å². The summed E-state index contributed by atoms with van der Waals surface area (Å²) in [6.45, 7) is 4.93. The first-order chi connectivity index (χ1) is 11.8. The number of halogens is 1. The van der Waals surface area contributed by atoms with E-state index in [1.54, 1.807) is 6.07 Å². The van der Waals surface area contributed by atoms with Gasteiger partial charge in [0.2, 0.25) is 10.0 Å². The SMILES string of the molecule is Cc1ccc(CN2CCCn3nc(CNS(C)(=O)=O)cc3C2)c(F)c1. The first-order valence-electron chi connectivity index (χ1n) is 8.28.